The number of hydrogen-bond acceptors (Lipinski definition) is 33. The van der Waals surface area contributed by atoms with Gasteiger partial charge in [-0.3, -0.25) is 71.1 Å². The van der Waals surface area contributed by atoms with E-state index >= 15 is 0 Å². The maximum Gasteiger partial charge on any atom is 0.351 e. The predicted octanol–water partition coefficient (Wildman–Crippen LogP) is 3.56. The second kappa shape index (κ2) is 37.8. The summed E-state index contributed by atoms with van der Waals surface area (Å²) in [4.78, 5) is 153. The molecule has 0 saturated carbocycles. The van der Waals surface area contributed by atoms with Gasteiger partial charge in [0.05, 0.1) is 23.1 Å². The quantitative estimate of drug-likeness (QED) is 0.0253. The van der Waals surface area contributed by atoms with Crippen LogP contribution in [-0.4, -0.2) is 187 Å². The summed E-state index contributed by atoms with van der Waals surface area (Å²) in [5, 5.41) is 27.2. The third-order valence-electron chi connectivity index (χ3n) is 13.6. The molecule has 49 heteroatoms. The van der Waals surface area contributed by atoms with Crippen molar-refractivity contribution in [1.82, 2.24) is 49.8 Å². The number of nitrogen functional groups attached to an aromatic ring is 3. The number of ether oxygens (including phenoxy) is 8. The number of hydrogen-bond donors (Lipinski definition) is 14. The molecule has 3 fully saturated rings. The number of halogens is 2. The lowest BCUT2D eigenvalue weighted by atomic mass is 10.1. The molecule has 3 aliphatic heterocycles. The molecule has 576 valence electrons. The number of anilines is 3. The molecule has 13 atom stereocenters. The number of H-pyrrole nitrogens is 3. The number of alkyl halides is 2. The number of nitrogens with two attached hydrogens (primary N) is 3. The monoisotopic (exact) mass is 1640 g/mol. The summed E-state index contributed by atoms with van der Waals surface area (Å²) in [7, 11) is -11.7. The molecule has 0 radical (unpaired) electrons. The Morgan fingerprint density at radius 3 is 1.18 bits per heavy atom. The van der Waals surface area contributed by atoms with Gasteiger partial charge in [-0.15, -0.1) is 23.2 Å². The molecule has 6 aromatic heterocycles. The van der Waals surface area contributed by atoms with Crippen molar-refractivity contribution in [3.8, 4) is 0 Å². The lowest BCUT2D eigenvalue weighted by Gasteiger charge is -2.22. The first kappa shape index (κ1) is 88.0. The van der Waals surface area contributed by atoms with Crippen molar-refractivity contribution < 1.29 is 101 Å². The zero-order chi connectivity index (χ0) is 77.0. The molecule has 3 saturated heterocycles. The molecule has 40 nitrogen and oxygen atoms in total. The highest BCUT2D eigenvalue weighted by Crippen LogP contribution is 2.46. The first-order valence-corrected chi connectivity index (χ1v) is 43.3. The second-order valence-corrected chi connectivity index (χ2v) is 39.0. The predicted molar refractivity (Wildman–Crippen MR) is 386 cm³/mol. The van der Waals surface area contributed by atoms with Crippen LogP contribution in [0.3, 0.4) is 0 Å². The van der Waals surface area contributed by atoms with Crippen molar-refractivity contribution in [3.05, 3.63) is 132 Å². The third kappa shape index (κ3) is 23.2. The van der Waals surface area contributed by atoms with E-state index < -0.39 is 160 Å². The number of rotatable bonds is 18. The van der Waals surface area contributed by atoms with E-state index in [1.165, 1.54) is 18.8 Å². The van der Waals surface area contributed by atoms with Gasteiger partial charge in [-0.1, -0.05) is 110 Å². The summed E-state index contributed by atoms with van der Waals surface area (Å²) >= 11 is 11.3. The van der Waals surface area contributed by atoms with E-state index in [4.69, 9.17) is 108 Å². The van der Waals surface area contributed by atoms with Gasteiger partial charge < -0.3 is 101 Å². The van der Waals surface area contributed by atoms with Crippen molar-refractivity contribution in [1.29, 1.82) is 0 Å². The number of aromatic nitrogens is 9. The Labute approximate surface area is 610 Å². The average Bonchev–Trinajstić information content (AvgIpc) is 1.61. The molecular weight excluding hydrogens is 1560 g/mol. The minimum absolute atomic E-state index is 0. The summed E-state index contributed by atoms with van der Waals surface area (Å²) < 4.78 is 86.9. The summed E-state index contributed by atoms with van der Waals surface area (Å²) in [5.74, 6) is -3.39. The number of carbonyl (C=O) groups excluding carboxylic acids is 2. The largest absolute Gasteiger partial charge is 0.453 e. The minimum atomic E-state index is -4.54. The number of aliphatic hydroxyl groups excluding tert-OH is 3. The highest BCUT2D eigenvalue weighted by atomic mass is 35.5. The Balaban J connectivity index is 0.000000265. The van der Waals surface area contributed by atoms with E-state index in [0.29, 0.717) is 39.6 Å². The SMILES string of the molecule is CCOP(C)(=O)CO[C@H]1O[C@@H](n2c(=O)sc3c(=O)[nH]c(N)nc32)[C@H](OC(=O)c2ccccc2)[C@@H]1C.CO.C[C@@H]1[C@@H](OCP(=O)(O)O)O[C@@H](n2c(=O)sc3c(=O)[nH]c(N)nc32)[C@@H]1OC(=O)c1ccccc1.C[Si](C)(C)C.ClCCl.N.Nc1nc2c(sc(=O)n2[C@@H]2O[C@H](OCP(=O)(O)O)[C@@H](O)[C@H]2O)c(=O)[nH]1. The van der Waals surface area contributed by atoms with Crippen molar-refractivity contribution >= 4 is 149 Å². The van der Waals surface area contributed by atoms with Crippen LogP contribution in [0.25, 0.3) is 31.0 Å². The molecular formula is C55H78Cl2N13O27P3S3Si. The van der Waals surface area contributed by atoms with Gasteiger partial charge in [0.2, 0.25) is 25.2 Å². The van der Waals surface area contributed by atoms with Gasteiger partial charge in [-0.25, -0.2) is 9.59 Å². The third-order valence-corrected chi connectivity index (χ3v) is 18.9. The number of aromatic amines is 3. The van der Waals surface area contributed by atoms with Gasteiger partial charge in [-0.05, 0) is 31.2 Å². The molecule has 0 amide bonds. The van der Waals surface area contributed by atoms with Crippen molar-refractivity contribution in [2.75, 3.05) is 62.0 Å². The highest BCUT2D eigenvalue weighted by Gasteiger charge is 2.51. The van der Waals surface area contributed by atoms with Crippen LogP contribution in [0.15, 0.2) is 89.4 Å². The van der Waals surface area contributed by atoms with E-state index in [0.717, 1.165) is 20.8 Å². The summed E-state index contributed by atoms with van der Waals surface area (Å²) in [6.07, 6.45) is -15.6. The van der Waals surface area contributed by atoms with Gasteiger partial charge in [-0.2, -0.15) is 15.0 Å². The fraction of sp³-hybridized carbons (Fsp3) is 0.473. The fourth-order valence-electron chi connectivity index (χ4n) is 9.52. The van der Waals surface area contributed by atoms with Gasteiger partial charge in [0, 0.05) is 33.7 Å². The fourth-order valence-corrected chi connectivity index (χ4v) is 13.8. The average molecular weight is 1640 g/mol. The number of nitrogens with zero attached hydrogens (tertiary/aromatic N) is 6. The lowest BCUT2D eigenvalue weighted by molar-refractivity contribution is -0.167. The van der Waals surface area contributed by atoms with E-state index in [-0.39, 0.29) is 78.9 Å². The molecule has 9 heterocycles. The Bertz CT molecular complexity index is 4760. The number of thiazole rings is 3. The molecule has 0 bridgehead atoms. The van der Waals surface area contributed by atoms with E-state index in [1.54, 1.807) is 69.3 Å². The molecule has 19 N–H and O–H groups in total. The van der Waals surface area contributed by atoms with Crippen LogP contribution >= 0.6 is 79.8 Å². The first-order valence-electron chi connectivity index (χ1n) is 29.9. The molecule has 3 aliphatic rings. The first-order chi connectivity index (χ1) is 48.2. The number of esters is 2. The highest BCUT2D eigenvalue weighted by molar-refractivity contribution is 7.57. The molecule has 11 rings (SSSR count). The van der Waals surface area contributed by atoms with Crippen LogP contribution in [0, 0.1) is 11.8 Å². The van der Waals surface area contributed by atoms with E-state index in [1.807, 2.05) is 0 Å². The maximum atomic E-state index is 12.9. The van der Waals surface area contributed by atoms with Crippen LogP contribution in [-0.2, 0) is 56.1 Å². The molecule has 2 aromatic carbocycles. The number of carbonyl (C=O) groups is 2. The maximum absolute atomic E-state index is 12.9. The van der Waals surface area contributed by atoms with Gasteiger partial charge in [0.25, 0.3) is 16.7 Å². The zero-order valence-corrected chi connectivity index (χ0v) is 64.1. The van der Waals surface area contributed by atoms with Gasteiger partial charge >= 0.3 is 41.7 Å². The van der Waals surface area contributed by atoms with E-state index in [9.17, 15) is 62.3 Å². The van der Waals surface area contributed by atoms with Crippen LogP contribution in [0.1, 0.15) is 60.2 Å². The Morgan fingerprint density at radius 1 is 0.567 bits per heavy atom. The van der Waals surface area contributed by atoms with Gasteiger partial charge in [0.1, 0.15) is 32.7 Å². The number of fused-ring (bicyclic) bond motifs is 3. The van der Waals surface area contributed by atoms with Gasteiger partial charge in [0.15, 0.2) is 79.4 Å². The van der Waals surface area contributed by atoms with Crippen molar-refractivity contribution in [2.24, 2.45) is 11.8 Å². The number of nitrogens with one attached hydrogen (secondary N) is 3. The standard InChI is InChI=1S/C21H25N4O8PS.C18H19N4O9PS.C10H13N4O9PS.C4H12Si.CH2Cl2.CH4O.H3N/c1-4-31-34(3,29)10-30-19-11(2)13(32-18(27)12-8-6-5-7-9-12)17(33-19)25-15-14(35-21(25)28)16(26)24-20(22)23-15;1-8-10(30-15(24)9-5-3-2-4-6-9)14(31-16(8)29-7-32(26,27)28)22-12-11(33-18(22)25)13(23)21-17(19)20-12;11-9-12-5-4(6(17)13-9)25-10(18)14(5)7-2(15)3(16)8(23-7)22-1-24(19,20)21;1-5(2,3)4;2-1-3;1-2;/h5-9,11,13,17,19H,4,10H2,1-3H3,(H3,22,23,24,26);2-6,8,10,14,16H,7H2,1H3,(H2,26,27,28)(H3,19,20,21,23);2-3,7-8,15-16H,1H2,(H2,19,20,21)(H3,11,12,13,17);1-4H3;1H2;2H,1H3;1H3/t11-,13+,17+,19-,34?;8-,10+,14+,16-;2-,3+,7-,8+;;;;/m001..../s1. The lowest BCUT2D eigenvalue weighted by Crippen LogP contribution is -2.34. The van der Waals surface area contributed by atoms with Crippen LogP contribution in [0.5, 0.6) is 0 Å². The molecule has 1 unspecified atom stereocenters. The molecule has 0 spiro atoms. The number of benzene rings is 2. The van der Waals surface area contributed by atoms with Crippen molar-refractivity contribution in [2.45, 2.75) is 109 Å². The zero-order valence-electron chi connectivity index (χ0n) is 56.5. The molecule has 8 aromatic rings. The number of aliphatic hydroxyl groups is 3. The van der Waals surface area contributed by atoms with E-state index in [2.05, 4.69) is 56.1 Å². The Kier molecular flexibility index (Phi) is 32.0. The minimum Gasteiger partial charge on any atom is -0.453 e. The smallest absolute Gasteiger partial charge is 0.351 e. The van der Waals surface area contributed by atoms with Crippen LogP contribution < -0.4 is 54.6 Å². The van der Waals surface area contributed by atoms with Crippen LogP contribution in [0.2, 0.25) is 26.2 Å². The molecule has 104 heavy (non-hydrogen) atoms. The Hall–Kier alpha value is -6.62. The topological polar surface area (TPSA) is 626 Å². The second-order valence-electron chi connectivity index (χ2n) is 23.6. The normalized spacial score (nSPS) is 22.7. The summed E-state index contributed by atoms with van der Waals surface area (Å²) in [5.41, 5.74) is 15.2. The summed E-state index contributed by atoms with van der Waals surface area (Å²) in [6, 6.07) is 16.4. The Morgan fingerprint density at radius 2 is 0.865 bits per heavy atom. The van der Waals surface area contributed by atoms with Crippen molar-refractivity contribution in [3.63, 3.8) is 0 Å². The van der Waals surface area contributed by atoms with Crippen LogP contribution in [0.4, 0.5) is 17.8 Å². The summed E-state index contributed by atoms with van der Waals surface area (Å²) in [6.45, 7) is 16.0. The molecule has 0 aliphatic carbocycles.